The first-order valence-corrected chi connectivity index (χ1v) is 9.99. The summed E-state index contributed by atoms with van der Waals surface area (Å²) in [6.07, 6.45) is 1.59. The molecule has 0 unspecified atom stereocenters. The molecular weight excluding hydrogens is 461 g/mol. The maximum absolute atomic E-state index is 13.0. The third kappa shape index (κ3) is 3.31. The summed E-state index contributed by atoms with van der Waals surface area (Å²) in [5, 5.41) is 0.808. The number of nitrogens with zero attached hydrogens (tertiary/aromatic N) is 1. The van der Waals surface area contributed by atoms with Crippen molar-refractivity contribution in [2.45, 2.75) is 12.0 Å². The lowest BCUT2D eigenvalue weighted by atomic mass is 9.81. The number of ether oxygens (including phenoxy) is 1. The number of halogens is 3. The molecule has 2 aromatic rings. The number of hydrogen-bond acceptors (Lipinski definition) is 4. The summed E-state index contributed by atoms with van der Waals surface area (Å²) < 4.78 is 5.82. The zero-order valence-electron chi connectivity index (χ0n) is 13.7. The monoisotopic (exact) mass is 473 g/mol. The molecule has 0 saturated carbocycles. The number of hydrogen-bond donors (Lipinski definition) is 0. The Balaban J connectivity index is 2.25. The first-order valence-electron chi connectivity index (χ1n) is 7.63. The maximum Gasteiger partial charge on any atom is 0.329 e. The average Bonchev–Trinajstić information content (AvgIpc) is 3.00. The van der Waals surface area contributed by atoms with Gasteiger partial charge in [-0.1, -0.05) is 35.3 Å². The number of carbonyl (C=O) groups excluding carboxylic acids is 2. The number of fused-ring (bicyclic) bond motifs is 1. The Kier molecular flexibility index (Phi) is 5.77. The first-order chi connectivity index (χ1) is 12.4. The molecule has 1 aromatic heterocycles. The van der Waals surface area contributed by atoms with Gasteiger partial charge in [-0.25, -0.2) is 4.79 Å². The lowest BCUT2D eigenvalue weighted by Gasteiger charge is -2.39. The SMILES string of the molecule is C=CCN1C(=O)c2sc(Br)cc2[C@@H](c2ccc(Cl)c(Cl)c2)[C@@H]1C(=O)OC. The largest absolute Gasteiger partial charge is 0.467 e. The molecule has 0 spiro atoms. The minimum absolute atomic E-state index is 0.220. The molecule has 1 aromatic carbocycles. The molecule has 1 aliphatic heterocycles. The number of carbonyl (C=O) groups is 2. The number of benzene rings is 1. The van der Waals surface area contributed by atoms with Crippen molar-refractivity contribution < 1.29 is 14.3 Å². The lowest BCUT2D eigenvalue weighted by molar-refractivity contribution is -0.146. The van der Waals surface area contributed by atoms with Gasteiger partial charge >= 0.3 is 5.97 Å². The highest BCUT2D eigenvalue weighted by Crippen LogP contribution is 2.44. The van der Waals surface area contributed by atoms with Crippen LogP contribution in [0.2, 0.25) is 10.0 Å². The van der Waals surface area contributed by atoms with Crippen molar-refractivity contribution in [3.8, 4) is 0 Å². The van der Waals surface area contributed by atoms with Gasteiger partial charge in [0.25, 0.3) is 5.91 Å². The fourth-order valence-electron chi connectivity index (χ4n) is 3.17. The predicted octanol–water partition coefficient (Wildman–Crippen LogP) is 5.13. The van der Waals surface area contributed by atoms with E-state index in [-0.39, 0.29) is 12.5 Å². The van der Waals surface area contributed by atoms with Gasteiger partial charge in [0, 0.05) is 12.5 Å². The van der Waals surface area contributed by atoms with Crippen molar-refractivity contribution in [1.82, 2.24) is 4.90 Å². The maximum atomic E-state index is 13.0. The summed E-state index contributed by atoms with van der Waals surface area (Å²) in [4.78, 5) is 27.7. The summed E-state index contributed by atoms with van der Waals surface area (Å²) in [6.45, 7) is 3.93. The number of amides is 1. The van der Waals surface area contributed by atoms with Gasteiger partial charge < -0.3 is 9.64 Å². The van der Waals surface area contributed by atoms with Crippen LogP contribution in [0.15, 0.2) is 40.7 Å². The highest BCUT2D eigenvalue weighted by Gasteiger charge is 2.46. The van der Waals surface area contributed by atoms with E-state index in [1.165, 1.54) is 23.3 Å². The van der Waals surface area contributed by atoms with Crippen molar-refractivity contribution in [3.63, 3.8) is 0 Å². The van der Waals surface area contributed by atoms with Crippen LogP contribution in [0.3, 0.4) is 0 Å². The van der Waals surface area contributed by atoms with Gasteiger partial charge in [-0.3, -0.25) is 4.79 Å². The van der Waals surface area contributed by atoms with Crippen LogP contribution in [0.5, 0.6) is 0 Å². The van der Waals surface area contributed by atoms with Crippen molar-refractivity contribution in [1.29, 1.82) is 0 Å². The fourth-order valence-corrected chi connectivity index (χ4v) is 5.09. The standard InChI is InChI=1S/C18H14BrCl2NO3S/c1-3-6-22-15(18(24)25-2)14(9-4-5-11(20)12(21)7-9)10-8-13(19)26-16(10)17(22)23/h3-5,7-8,14-15H,1,6H2,2H3/t14-,15-/m1/s1. The molecule has 0 bridgehead atoms. The zero-order chi connectivity index (χ0) is 19.0. The Hall–Kier alpha value is -1.34. The summed E-state index contributed by atoms with van der Waals surface area (Å²) in [6, 6.07) is 6.26. The molecule has 0 radical (unpaired) electrons. The van der Waals surface area contributed by atoms with Gasteiger partial charge in [0.15, 0.2) is 0 Å². The molecule has 2 heterocycles. The van der Waals surface area contributed by atoms with Crippen LogP contribution >= 0.6 is 50.5 Å². The smallest absolute Gasteiger partial charge is 0.329 e. The Morgan fingerprint density at radius 3 is 2.73 bits per heavy atom. The molecule has 0 fully saturated rings. The second-order valence-corrected chi connectivity index (χ2v) is 8.95. The number of rotatable bonds is 4. The van der Waals surface area contributed by atoms with E-state index < -0.39 is 17.9 Å². The number of thiophene rings is 1. The van der Waals surface area contributed by atoms with Gasteiger partial charge in [-0.05, 0) is 45.3 Å². The minimum atomic E-state index is -0.822. The molecule has 0 N–H and O–H groups in total. The Morgan fingerprint density at radius 1 is 1.38 bits per heavy atom. The van der Waals surface area contributed by atoms with Crippen LogP contribution in [0.4, 0.5) is 0 Å². The van der Waals surface area contributed by atoms with Crippen LogP contribution in [-0.4, -0.2) is 36.5 Å². The van der Waals surface area contributed by atoms with Crippen LogP contribution < -0.4 is 0 Å². The zero-order valence-corrected chi connectivity index (χ0v) is 17.6. The first kappa shape index (κ1) is 19.4. The van der Waals surface area contributed by atoms with Gasteiger partial charge in [-0.15, -0.1) is 17.9 Å². The summed E-state index contributed by atoms with van der Waals surface area (Å²) in [7, 11) is 1.31. The number of methoxy groups -OCH3 is 1. The van der Waals surface area contributed by atoms with Crippen LogP contribution in [-0.2, 0) is 9.53 Å². The highest BCUT2D eigenvalue weighted by molar-refractivity contribution is 9.11. The van der Waals surface area contributed by atoms with Crippen molar-refractivity contribution >= 4 is 62.3 Å². The van der Waals surface area contributed by atoms with E-state index in [1.54, 1.807) is 18.2 Å². The van der Waals surface area contributed by atoms with Crippen molar-refractivity contribution in [2.75, 3.05) is 13.7 Å². The van der Waals surface area contributed by atoms with Gasteiger partial charge in [0.05, 0.1) is 25.8 Å². The van der Waals surface area contributed by atoms with Crippen LogP contribution in [0, 0.1) is 0 Å². The summed E-state index contributed by atoms with van der Waals surface area (Å²) in [5.41, 5.74) is 1.55. The number of esters is 1. The van der Waals surface area contributed by atoms with Gasteiger partial charge in [0.1, 0.15) is 6.04 Å². The second-order valence-electron chi connectivity index (χ2n) is 5.70. The van der Waals surface area contributed by atoms with E-state index in [1.807, 2.05) is 12.1 Å². The third-order valence-corrected chi connectivity index (χ3v) is 6.62. The quantitative estimate of drug-likeness (QED) is 0.455. The Morgan fingerprint density at radius 2 is 2.12 bits per heavy atom. The second kappa shape index (κ2) is 7.72. The molecule has 3 rings (SSSR count). The van der Waals surface area contributed by atoms with E-state index in [4.69, 9.17) is 27.9 Å². The summed E-state index contributed by atoms with van der Waals surface area (Å²) in [5.74, 6) is -1.14. The molecule has 0 saturated heterocycles. The molecule has 1 amide bonds. The molecule has 0 aliphatic carbocycles. The fraction of sp³-hybridized carbons (Fsp3) is 0.222. The molecular formula is C18H14BrCl2NO3S. The third-order valence-electron chi connectivity index (χ3n) is 4.24. The van der Waals surface area contributed by atoms with Crippen LogP contribution in [0.1, 0.15) is 26.7 Å². The molecule has 1 aliphatic rings. The van der Waals surface area contributed by atoms with Gasteiger partial charge in [0.2, 0.25) is 0 Å². The highest BCUT2D eigenvalue weighted by atomic mass is 79.9. The molecule has 8 heteroatoms. The van der Waals surface area contributed by atoms with E-state index in [9.17, 15) is 9.59 Å². The Bertz CT molecular complexity index is 899. The van der Waals surface area contributed by atoms with Crippen LogP contribution in [0.25, 0.3) is 0 Å². The van der Waals surface area contributed by atoms with E-state index >= 15 is 0 Å². The minimum Gasteiger partial charge on any atom is -0.467 e. The van der Waals surface area contributed by atoms with Crippen molar-refractivity contribution in [3.05, 3.63) is 66.8 Å². The molecule has 136 valence electrons. The summed E-state index contributed by atoms with van der Waals surface area (Å²) >= 11 is 17.0. The molecule has 2 atom stereocenters. The van der Waals surface area contributed by atoms with E-state index in [0.717, 1.165) is 14.9 Å². The van der Waals surface area contributed by atoms with E-state index in [2.05, 4.69) is 22.5 Å². The predicted molar refractivity (Wildman–Crippen MR) is 107 cm³/mol. The van der Waals surface area contributed by atoms with E-state index in [0.29, 0.717) is 14.9 Å². The van der Waals surface area contributed by atoms with Crippen molar-refractivity contribution in [2.24, 2.45) is 0 Å². The molecule has 26 heavy (non-hydrogen) atoms. The van der Waals surface area contributed by atoms with Gasteiger partial charge in [-0.2, -0.15) is 0 Å². The molecule has 4 nitrogen and oxygen atoms in total. The Labute approximate surface area is 173 Å². The average molecular weight is 475 g/mol. The topological polar surface area (TPSA) is 46.6 Å². The normalized spacial score (nSPS) is 19.2. The lowest BCUT2D eigenvalue weighted by Crippen LogP contribution is -2.52.